The van der Waals surface area contributed by atoms with Crippen LogP contribution < -0.4 is 24.4 Å². The minimum atomic E-state index is -0.769. The van der Waals surface area contributed by atoms with Crippen LogP contribution in [0.15, 0.2) is 91.0 Å². The maximum atomic E-state index is 14.2. The molecule has 0 aliphatic carbocycles. The van der Waals surface area contributed by atoms with Crippen LogP contribution in [0.25, 0.3) is 11.8 Å². The summed E-state index contributed by atoms with van der Waals surface area (Å²) in [7, 11) is 1.59. The van der Waals surface area contributed by atoms with Crippen molar-refractivity contribution in [1.29, 1.82) is 0 Å². The Morgan fingerprint density at radius 3 is 2.44 bits per heavy atom. The summed E-state index contributed by atoms with van der Waals surface area (Å²) in [4.78, 5) is 33.1. The molecule has 210 valence electrons. The average Bonchev–Trinajstić information content (AvgIpc) is 3.28. The van der Waals surface area contributed by atoms with Gasteiger partial charge in [-0.2, -0.15) is 0 Å². The first kappa shape index (κ1) is 29.0. The number of aromatic nitrogens is 1. The lowest BCUT2D eigenvalue weighted by Gasteiger charge is -2.26. The average molecular weight is 698 g/mol. The van der Waals surface area contributed by atoms with E-state index in [9.17, 15) is 9.59 Å². The standard InChI is InChI=1S/C31H26Br2N2O5S/c1-4-39-28-20(15-21(32)17-23(28)33)16-24-29(36)35-27(19-11-13-22(38-3)14-12-19)25(30(37)40-5-2)26(34-31(35)41-24)18-9-7-6-8-10-18/h6-17,27H,4-5H2,1-3H3/b24-16-/t27-/m1/s1. The van der Waals surface area contributed by atoms with E-state index in [0.717, 1.165) is 25.6 Å². The Hall–Kier alpha value is -3.47. The van der Waals surface area contributed by atoms with Gasteiger partial charge in [-0.3, -0.25) is 9.36 Å². The number of hydrogen-bond acceptors (Lipinski definition) is 7. The van der Waals surface area contributed by atoms with Crippen molar-refractivity contribution in [3.8, 4) is 11.5 Å². The second-order valence-electron chi connectivity index (χ2n) is 8.94. The zero-order valence-electron chi connectivity index (χ0n) is 22.5. The first-order valence-corrected chi connectivity index (χ1v) is 15.3. The second-order valence-corrected chi connectivity index (χ2v) is 11.7. The summed E-state index contributed by atoms with van der Waals surface area (Å²) in [6.07, 6.45) is 1.80. The molecule has 0 radical (unpaired) electrons. The van der Waals surface area contributed by atoms with Crippen molar-refractivity contribution in [3.63, 3.8) is 0 Å². The molecule has 0 N–H and O–H groups in total. The van der Waals surface area contributed by atoms with Crippen LogP contribution in [0.4, 0.5) is 0 Å². The van der Waals surface area contributed by atoms with E-state index in [1.165, 1.54) is 11.3 Å². The van der Waals surface area contributed by atoms with E-state index in [-0.39, 0.29) is 12.2 Å². The molecule has 1 aromatic heterocycles. The van der Waals surface area contributed by atoms with Gasteiger partial charge in [0.25, 0.3) is 5.56 Å². The number of carbonyl (C=O) groups is 1. The van der Waals surface area contributed by atoms with Crippen LogP contribution in [0.2, 0.25) is 0 Å². The molecular weight excluding hydrogens is 672 g/mol. The lowest BCUT2D eigenvalue weighted by molar-refractivity contribution is -0.138. The molecule has 0 amide bonds. The summed E-state index contributed by atoms with van der Waals surface area (Å²) in [6, 6.07) is 19.8. The van der Waals surface area contributed by atoms with E-state index in [4.69, 9.17) is 19.2 Å². The van der Waals surface area contributed by atoms with Crippen molar-refractivity contribution in [1.82, 2.24) is 4.57 Å². The van der Waals surface area contributed by atoms with E-state index >= 15 is 0 Å². The topological polar surface area (TPSA) is 79.1 Å². The summed E-state index contributed by atoms with van der Waals surface area (Å²) in [5, 5.41) is 0. The molecule has 41 heavy (non-hydrogen) atoms. The number of fused-ring (bicyclic) bond motifs is 1. The minimum Gasteiger partial charge on any atom is -0.497 e. The SMILES string of the molecule is CCOC(=O)C1=C(c2ccccc2)N=c2s/c(=C\c3cc(Br)cc(Br)c3OCC)c(=O)n2[C@@H]1c1ccc(OC)cc1. The number of methoxy groups -OCH3 is 1. The fourth-order valence-electron chi connectivity index (χ4n) is 4.67. The molecule has 0 unspecified atom stereocenters. The van der Waals surface area contributed by atoms with Crippen molar-refractivity contribution in [3.05, 3.63) is 118 Å². The van der Waals surface area contributed by atoms with Gasteiger partial charge in [-0.05, 0) is 65.7 Å². The number of hydrogen-bond donors (Lipinski definition) is 0. The van der Waals surface area contributed by atoms with Gasteiger partial charge in [0, 0.05) is 15.6 Å². The van der Waals surface area contributed by atoms with Crippen LogP contribution in [0.3, 0.4) is 0 Å². The van der Waals surface area contributed by atoms with Crippen LogP contribution in [0, 0.1) is 0 Å². The van der Waals surface area contributed by atoms with Gasteiger partial charge in [-0.15, -0.1) is 0 Å². The van der Waals surface area contributed by atoms with Crippen molar-refractivity contribution in [2.45, 2.75) is 19.9 Å². The summed E-state index contributed by atoms with van der Waals surface area (Å²) < 4.78 is 20.4. The highest BCUT2D eigenvalue weighted by molar-refractivity contribution is 9.11. The van der Waals surface area contributed by atoms with Gasteiger partial charge in [0.15, 0.2) is 4.80 Å². The third-order valence-corrected chi connectivity index (χ3v) is 8.45. The highest BCUT2D eigenvalue weighted by Gasteiger charge is 2.35. The van der Waals surface area contributed by atoms with E-state index in [0.29, 0.717) is 38.7 Å². The molecule has 7 nitrogen and oxygen atoms in total. The Balaban J connectivity index is 1.83. The summed E-state index contributed by atoms with van der Waals surface area (Å²) >= 11 is 8.37. The molecule has 4 aromatic rings. The fourth-order valence-corrected chi connectivity index (χ4v) is 7.03. The molecule has 10 heteroatoms. The molecule has 0 spiro atoms. The Kier molecular flexibility index (Phi) is 8.91. The molecule has 5 rings (SSSR count). The maximum absolute atomic E-state index is 14.2. The van der Waals surface area contributed by atoms with Crippen LogP contribution in [-0.2, 0) is 9.53 Å². The van der Waals surface area contributed by atoms with Gasteiger partial charge in [0.1, 0.15) is 11.5 Å². The van der Waals surface area contributed by atoms with Crippen LogP contribution in [-0.4, -0.2) is 30.9 Å². The predicted molar refractivity (Wildman–Crippen MR) is 167 cm³/mol. The molecule has 1 aliphatic rings. The second kappa shape index (κ2) is 12.6. The molecule has 0 saturated heterocycles. The number of rotatable bonds is 8. The number of ether oxygens (including phenoxy) is 3. The van der Waals surface area contributed by atoms with E-state index in [1.807, 2.05) is 73.7 Å². The lowest BCUT2D eigenvalue weighted by atomic mass is 9.93. The third kappa shape index (κ3) is 5.82. The van der Waals surface area contributed by atoms with Crippen LogP contribution in [0.1, 0.15) is 36.6 Å². The number of halogens is 2. The minimum absolute atomic E-state index is 0.183. The largest absolute Gasteiger partial charge is 0.497 e. The van der Waals surface area contributed by atoms with Gasteiger partial charge in [-0.1, -0.05) is 69.7 Å². The van der Waals surface area contributed by atoms with Crippen molar-refractivity contribution >= 4 is 60.9 Å². The molecule has 3 aromatic carbocycles. The predicted octanol–water partition coefficient (Wildman–Crippen LogP) is 5.87. The van der Waals surface area contributed by atoms with Gasteiger partial charge >= 0.3 is 5.97 Å². The molecule has 0 bridgehead atoms. The quantitative estimate of drug-likeness (QED) is 0.216. The van der Waals surface area contributed by atoms with Crippen molar-refractivity contribution in [2.24, 2.45) is 4.99 Å². The third-order valence-electron chi connectivity index (χ3n) is 6.42. The monoisotopic (exact) mass is 696 g/mol. The number of benzene rings is 3. The Morgan fingerprint density at radius 2 is 1.78 bits per heavy atom. The van der Waals surface area contributed by atoms with Crippen molar-refractivity contribution in [2.75, 3.05) is 20.3 Å². The Morgan fingerprint density at radius 1 is 1.05 bits per heavy atom. The molecule has 1 atom stereocenters. The Labute approximate surface area is 257 Å². The zero-order chi connectivity index (χ0) is 29.1. The van der Waals surface area contributed by atoms with Gasteiger partial charge < -0.3 is 14.2 Å². The van der Waals surface area contributed by atoms with Crippen molar-refractivity contribution < 1.29 is 19.0 Å². The van der Waals surface area contributed by atoms with Gasteiger partial charge in [0.05, 0.1) is 46.6 Å². The maximum Gasteiger partial charge on any atom is 0.338 e. The highest BCUT2D eigenvalue weighted by Crippen LogP contribution is 2.36. The summed E-state index contributed by atoms with van der Waals surface area (Å²) in [6.45, 7) is 4.30. The number of thiazole rings is 1. The fraction of sp³-hybridized carbons (Fsp3) is 0.194. The summed E-state index contributed by atoms with van der Waals surface area (Å²) in [5.41, 5.74) is 2.70. The van der Waals surface area contributed by atoms with Crippen LogP contribution in [0.5, 0.6) is 11.5 Å². The van der Waals surface area contributed by atoms with E-state index < -0.39 is 12.0 Å². The van der Waals surface area contributed by atoms with Crippen LogP contribution >= 0.6 is 43.2 Å². The molecular formula is C31H26Br2N2O5S. The number of esters is 1. The first-order chi connectivity index (χ1) is 19.9. The van der Waals surface area contributed by atoms with E-state index in [2.05, 4.69) is 31.9 Å². The normalized spacial score (nSPS) is 14.9. The van der Waals surface area contributed by atoms with Gasteiger partial charge in [-0.25, -0.2) is 9.79 Å². The van der Waals surface area contributed by atoms with E-state index in [1.54, 1.807) is 24.7 Å². The highest BCUT2D eigenvalue weighted by atomic mass is 79.9. The summed E-state index contributed by atoms with van der Waals surface area (Å²) in [5.74, 6) is 0.764. The smallest absolute Gasteiger partial charge is 0.338 e. The lowest BCUT2D eigenvalue weighted by Crippen LogP contribution is -2.40. The number of nitrogens with zero attached hydrogens (tertiary/aromatic N) is 2. The molecule has 0 saturated carbocycles. The number of carbonyl (C=O) groups excluding carboxylic acids is 1. The Bertz CT molecular complexity index is 1810. The van der Waals surface area contributed by atoms with Gasteiger partial charge in [0.2, 0.25) is 0 Å². The molecule has 1 aliphatic heterocycles. The first-order valence-electron chi connectivity index (χ1n) is 12.9. The molecule has 0 fully saturated rings. The zero-order valence-corrected chi connectivity index (χ0v) is 26.5. The molecule has 2 heterocycles.